The molecule has 2 atom stereocenters. The summed E-state index contributed by atoms with van der Waals surface area (Å²) in [4.78, 5) is 33.4. The molecule has 0 aliphatic rings. The highest BCUT2D eigenvalue weighted by molar-refractivity contribution is 5.71. The van der Waals surface area contributed by atoms with Gasteiger partial charge in [0.25, 0.3) is 0 Å². The van der Waals surface area contributed by atoms with Gasteiger partial charge in [-0.05, 0) is 25.7 Å². The number of quaternary nitrogens is 1. The van der Waals surface area contributed by atoms with E-state index >= 15 is 0 Å². The summed E-state index contributed by atoms with van der Waals surface area (Å²) in [5.74, 6) is -2.07. The Morgan fingerprint density at radius 2 is 1.23 bits per heavy atom. The summed E-state index contributed by atoms with van der Waals surface area (Å²) < 4.78 is 5.89. The lowest BCUT2D eigenvalue weighted by Gasteiger charge is -2.28. The summed E-state index contributed by atoms with van der Waals surface area (Å²) in [6, 6.07) is 0. The van der Waals surface area contributed by atoms with Crippen LogP contribution in [-0.4, -0.2) is 77.6 Å². The Bertz CT molecular complexity index is 517. The Kier molecular flexibility index (Phi) is 16.0. The monoisotopic (exact) mass is 446 g/mol. The van der Waals surface area contributed by atoms with E-state index in [1.54, 1.807) is 0 Å². The molecule has 0 radical (unpaired) electrons. The van der Waals surface area contributed by atoms with Crippen LogP contribution >= 0.6 is 0 Å². The van der Waals surface area contributed by atoms with Crippen LogP contribution in [0.2, 0.25) is 0 Å². The fourth-order valence-corrected chi connectivity index (χ4v) is 3.53. The van der Waals surface area contributed by atoms with Crippen LogP contribution in [0.25, 0.3) is 0 Å². The van der Waals surface area contributed by atoms with Gasteiger partial charge in [0.2, 0.25) is 0 Å². The summed E-state index contributed by atoms with van der Waals surface area (Å²) in [5, 5.41) is 27.6. The van der Waals surface area contributed by atoms with Crippen molar-refractivity contribution in [1.29, 1.82) is 0 Å². The fourth-order valence-electron chi connectivity index (χ4n) is 3.53. The number of hydrogen-bond acceptors (Lipinski definition) is 5. The number of likely N-dealkylation sites (N-methyl/N-ethyl adjacent to an activating group) is 1. The number of ether oxygens (including phenoxy) is 1. The molecule has 3 N–H and O–H groups in total. The Morgan fingerprint density at radius 1 is 0.742 bits per heavy atom. The molecule has 0 aromatic heterocycles. The third kappa shape index (κ3) is 21.4. The van der Waals surface area contributed by atoms with E-state index in [0.29, 0.717) is 17.4 Å². The topological polar surface area (TPSA) is 121 Å². The first-order valence-electron chi connectivity index (χ1n) is 11.6. The number of carbonyl (C=O) groups is 3. The smallest absolute Gasteiger partial charge is 0.307 e. The number of aliphatic hydroxyl groups is 1. The van der Waals surface area contributed by atoms with E-state index in [1.807, 2.05) is 21.1 Å². The van der Waals surface area contributed by atoms with Gasteiger partial charge in [0.15, 0.2) is 6.10 Å². The average Bonchev–Trinajstić information content (AvgIpc) is 2.61. The van der Waals surface area contributed by atoms with Crippen LogP contribution in [0.5, 0.6) is 0 Å². The Balaban J connectivity index is 3.75. The van der Waals surface area contributed by atoms with Crippen molar-refractivity contribution in [3.05, 3.63) is 0 Å². The standard InChI is InChI=1S/C23H43NO7/c1-24(2,3)18-20(17-22(28)29)31-23(30)16-12-8-10-14-19(25)13-9-6-4-5-7-11-15-21(26)27/h19-20,25H,4-18H2,1-3H3,(H-,26,27,28,29)/p+1. The average molecular weight is 447 g/mol. The number of unbranched alkanes of at least 4 members (excludes halogenated alkanes) is 7. The number of aliphatic hydroxyl groups excluding tert-OH is 1. The van der Waals surface area contributed by atoms with Crippen molar-refractivity contribution in [2.75, 3.05) is 27.7 Å². The molecular weight excluding hydrogens is 402 g/mol. The summed E-state index contributed by atoms with van der Waals surface area (Å²) in [6.07, 6.45) is 9.07. The minimum atomic E-state index is -0.974. The molecule has 0 spiro atoms. The Labute approximate surface area is 187 Å². The summed E-state index contributed by atoms with van der Waals surface area (Å²) in [7, 11) is 5.78. The quantitative estimate of drug-likeness (QED) is 0.148. The number of hydrogen-bond donors (Lipinski definition) is 3. The predicted molar refractivity (Wildman–Crippen MR) is 119 cm³/mol. The maximum absolute atomic E-state index is 12.0. The van der Waals surface area contributed by atoms with Gasteiger partial charge in [-0.1, -0.05) is 44.9 Å². The van der Waals surface area contributed by atoms with Crippen molar-refractivity contribution in [2.24, 2.45) is 0 Å². The second-order valence-electron chi connectivity index (χ2n) is 9.49. The third-order valence-electron chi connectivity index (χ3n) is 5.05. The number of aliphatic carboxylic acids is 2. The zero-order chi connectivity index (χ0) is 23.7. The fraction of sp³-hybridized carbons (Fsp3) is 0.870. The summed E-state index contributed by atoms with van der Waals surface area (Å²) in [5.41, 5.74) is 0. The summed E-state index contributed by atoms with van der Waals surface area (Å²) >= 11 is 0. The molecular formula is C23H44NO7+. The van der Waals surface area contributed by atoms with Gasteiger partial charge in [-0.15, -0.1) is 0 Å². The zero-order valence-electron chi connectivity index (χ0n) is 19.7. The molecule has 8 nitrogen and oxygen atoms in total. The van der Waals surface area contributed by atoms with E-state index in [9.17, 15) is 19.5 Å². The van der Waals surface area contributed by atoms with E-state index in [0.717, 1.165) is 64.2 Å². The van der Waals surface area contributed by atoms with E-state index in [2.05, 4.69) is 0 Å². The molecule has 0 saturated carbocycles. The van der Waals surface area contributed by atoms with Crippen molar-refractivity contribution in [3.8, 4) is 0 Å². The van der Waals surface area contributed by atoms with Gasteiger partial charge in [-0.25, -0.2) is 0 Å². The second kappa shape index (κ2) is 17.0. The van der Waals surface area contributed by atoms with Crippen LogP contribution in [0.3, 0.4) is 0 Å². The van der Waals surface area contributed by atoms with E-state index in [1.165, 1.54) is 0 Å². The zero-order valence-corrected chi connectivity index (χ0v) is 19.7. The molecule has 0 aliphatic heterocycles. The lowest BCUT2D eigenvalue weighted by atomic mass is 10.0. The van der Waals surface area contributed by atoms with E-state index in [-0.39, 0.29) is 31.3 Å². The number of esters is 1. The predicted octanol–water partition coefficient (Wildman–Crippen LogP) is 3.60. The molecule has 0 amide bonds. The molecule has 0 saturated heterocycles. The number of carbonyl (C=O) groups excluding carboxylic acids is 1. The van der Waals surface area contributed by atoms with Gasteiger partial charge < -0.3 is 24.5 Å². The van der Waals surface area contributed by atoms with Gasteiger partial charge >= 0.3 is 17.9 Å². The van der Waals surface area contributed by atoms with Gasteiger partial charge in [-0.2, -0.15) is 0 Å². The van der Waals surface area contributed by atoms with Gasteiger partial charge in [0.1, 0.15) is 6.54 Å². The first kappa shape index (κ1) is 29.3. The molecule has 0 heterocycles. The molecule has 0 aromatic rings. The Morgan fingerprint density at radius 3 is 1.74 bits per heavy atom. The van der Waals surface area contributed by atoms with Crippen molar-refractivity contribution in [3.63, 3.8) is 0 Å². The molecule has 0 rings (SSSR count). The molecule has 8 heteroatoms. The lowest BCUT2D eigenvalue weighted by Crippen LogP contribution is -2.43. The highest BCUT2D eigenvalue weighted by atomic mass is 16.5. The number of carboxylic acid groups (broad SMARTS) is 2. The van der Waals surface area contributed by atoms with Crippen molar-refractivity contribution in [2.45, 2.75) is 102 Å². The van der Waals surface area contributed by atoms with Crippen LogP contribution in [0.1, 0.15) is 89.9 Å². The Hall–Kier alpha value is -1.67. The number of rotatable bonds is 20. The number of carboxylic acids is 2. The van der Waals surface area contributed by atoms with Crippen LogP contribution in [0.15, 0.2) is 0 Å². The van der Waals surface area contributed by atoms with Crippen molar-refractivity contribution < 1.29 is 38.9 Å². The molecule has 0 fully saturated rings. The van der Waals surface area contributed by atoms with Gasteiger partial charge in [0, 0.05) is 12.8 Å². The molecule has 0 aliphatic carbocycles. The first-order valence-corrected chi connectivity index (χ1v) is 11.6. The summed E-state index contributed by atoms with van der Waals surface area (Å²) in [6.45, 7) is 0.451. The maximum atomic E-state index is 12.0. The van der Waals surface area contributed by atoms with Crippen LogP contribution in [0.4, 0.5) is 0 Å². The van der Waals surface area contributed by atoms with Gasteiger partial charge in [0.05, 0.1) is 33.7 Å². The van der Waals surface area contributed by atoms with Gasteiger partial charge in [-0.3, -0.25) is 14.4 Å². The normalized spacial score (nSPS) is 13.5. The third-order valence-corrected chi connectivity index (χ3v) is 5.05. The van der Waals surface area contributed by atoms with Crippen molar-refractivity contribution in [1.82, 2.24) is 0 Å². The molecule has 31 heavy (non-hydrogen) atoms. The van der Waals surface area contributed by atoms with Crippen LogP contribution in [0, 0.1) is 0 Å². The van der Waals surface area contributed by atoms with Crippen LogP contribution in [-0.2, 0) is 19.1 Å². The minimum Gasteiger partial charge on any atom is -0.481 e. The molecule has 2 unspecified atom stereocenters. The largest absolute Gasteiger partial charge is 0.481 e. The van der Waals surface area contributed by atoms with E-state index in [4.69, 9.17) is 14.9 Å². The number of nitrogens with zero attached hydrogens (tertiary/aromatic N) is 1. The lowest BCUT2D eigenvalue weighted by molar-refractivity contribution is -0.873. The molecule has 182 valence electrons. The first-order chi connectivity index (χ1) is 14.5. The molecule has 0 bridgehead atoms. The minimum absolute atomic E-state index is 0.185. The van der Waals surface area contributed by atoms with E-state index < -0.39 is 18.0 Å². The second-order valence-corrected chi connectivity index (χ2v) is 9.49. The van der Waals surface area contributed by atoms with Crippen molar-refractivity contribution >= 4 is 17.9 Å². The molecule has 0 aromatic carbocycles. The van der Waals surface area contributed by atoms with Crippen LogP contribution < -0.4 is 0 Å². The highest BCUT2D eigenvalue weighted by Crippen LogP contribution is 2.14. The SMILES string of the molecule is C[N+](C)(C)CC(CC(=O)O)OC(=O)CCCCCC(O)CCCCCCCCC(=O)O. The highest BCUT2D eigenvalue weighted by Gasteiger charge is 2.24. The maximum Gasteiger partial charge on any atom is 0.307 e.